The van der Waals surface area contributed by atoms with Crippen LogP contribution in [-0.2, 0) is 6.54 Å². The van der Waals surface area contributed by atoms with Crippen LogP contribution in [0.5, 0.6) is 0 Å². The molecule has 3 heterocycles. The highest BCUT2D eigenvalue weighted by Crippen LogP contribution is 2.21. The largest absolute Gasteiger partial charge is 0.345 e. The van der Waals surface area contributed by atoms with Gasteiger partial charge in [0, 0.05) is 12.4 Å². The third-order valence-electron chi connectivity index (χ3n) is 3.66. The Morgan fingerprint density at radius 3 is 3.00 bits per heavy atom. The van der Waals surface area contributed by atoms with Gasteiger partial charge >= 0.3 is 0 Å². The minimum absolute atomic E-state index is 0.0305. The van der Waals surface area contributed by atoms with E-state index in [-0.39, 0.29) is 12.1 Å². The first-order chi connectivity index (χ1) is 12.2. The summed E-state index contributed by atoms with van der Waals surface area (Å²) < 4.78 is 1.06. The lowest BCUT2D eigenvalue weighted by Gasteiger charge is -2.16. The van der Waals surface area contributed by atoms with Gasteiger partial charge in [0.05, 0.1) is 23.3 Å². The van der Waals surface area contributed by atoms with Crippen LogP contribution in [0, 0.1) is 0 Å². The smallest absolute Gasteiger partial charge is 0.265 e. The van der Waals surface area contributed by atoms with Crippen LogP contribution in [0.3, 0.4) is 0 Å². The molecule has 126 valence electrons. The average molecular weight is 354 g/mol. The van der Waals surface area contributed by atoms with E-state index in [2.05, 4.69) is 25.7 Å². The van der Waals surface area contributed by atoms with E-state index in [0.29, 0.717) is 12.5 Å². The molecule has 4 rings (SSSR count). The molecule has 0 atom stereocenters. The van der Waals surface area contributed by atoms with E-state index in [1.54, 1.807) is 11.2 Å². The number of hydrogen-bond donors (Lipinski definition) is 3. The number of thiazole rings is 1. The average Bonchev–Trinajstić information content (AvgIpc) is 3.28. The zero-order valence-corrected chi connectivity index (χ0v) is 13.8. The Kier molecular flexibility index (Phi) is 3.90. The zero-order chi connectivity index (χ0) is 17.2. The van der Waals surface area contributed by atoms with E-state index in [1.165, 1.54) is 17.5 Å². The number of hydrazine groups is 1. The number of aromatic nitrogens is 3. The Morgan fingerprint density at radius 1 is 1.36 bits per heavy atom. The van der Waals surface area contributed by atoms with Crippen molar-refractivity contribution in [1.29, 1.82) is 0 Å². The zero-order valence-electron chi connectivity index (χ0n) is 13.0. The molecule has 3 N–H and O–H groups in total. The van der Waals surface area contributed by atoms with Crippen molar-refractivity contribution in [3.05, 3.63) is 63.7 Å². The summed E-state index contributed by atoms with van der Waals surface area (Å²) in [6.45, 7) is 0.850. The molecule has 0 fully saturated rings. The van der Waals surface area contributed by atoms with E-state index in [1.807, 2.05) is 30.3 Å². The van der Waals surface area contributed by atoms with Gasteiger partial charge in [0.15, 0.2) is 0 Å². The molecule has 0 unspecified atom stereocenters. The number of H-pyrrole nitrogens is 1. The number of fused-ring (bicyclic) bond motifs is 1. The van der Waals surface area contributed by atoms with Gasteiger partial charge in [-0.3, -0.25) is 19.6 Å². The van der Waals surface area contributed by atoms with Crippen molar-refractivity contribution in [2.75, 3.05) is 11.6 Å². The van der Waals surface area contributed by atoms with Gasteiger partial charge in [-0.25, -0.2) is 9.97 Å². The molecule has 0 saturated carbocycles. The highest BCUT2D eigenvalue weighted by atomic mass is 32.1. The highest BCUT2D eigenvalue weighted by molar-refractivity contribution is 7.18. The van der Waals surface area contributed by atoms with Crippen LogP contribution in [0.1, 0.15) is 15.4 Å². The molecule has 8 nitrogen and oxygen atoms in total. The van der Waals surface area contributed by atoms with Crippen LogP contribution in [0.25, 0.3) is 10.2 Å². The number of carbonyl (C=O) groups is 1. The van der Waals surface area contributed by atoms with Crippen molar-refractivity contribution in [2.45, 2.75) is 6.54 Å². The Labute approximate surface area is 146 Å². The van der Waals surface area contributed by atoms with E-state index in [0.717, 1.165) is 15.2 Å². The maximum atomic E-state index is 12.3. The maximum Gasteiger partial charge on any atom is 0.265 e. The number of para-hydroxylation sites is 1. The van der Waals surface area contributed by atoms with Gasteiger partial charge in [-0.15, -0.1) is 11.3 Å². The number of nitrogens with zero attached hydrogens (tertiary/aromatic N) is 3. The third kappa shape index (κ3) is 3.09. The second-order valence-corrected chi connectivity index (χ2v) is 6.46. The van der Waals surface area contributed by atoms with Crippen LogP contribution in [0.4, 0.5) is 5.95 Å². The first-order valence-electron chi connectivity index (χ1n) is 7.61. The van der Waals surface area contributed by atoms with Gasteiger partial charge < -0.3 is 10.7 Å². The van der Waals surface area contributed by atoms with Crippen molar-refractivity contribution in [2.24, 2.45) is 0 Å². The van der Waals surface area contributed by atoms with Crippen molar-refractivity contribution < 1.29 is 4.79 Å². The van der Waals surface area contributed by atoms with Crippen LogP contribution in [0.15, 0.2) is 47.5 Å². The molecule has 0 radical (unpaired) electrons. The minimum Gasteiger partial charge on any atom is -0.345 e. The number of carbonyl (C=O) groups excluding carboxylic acids is 1. The van der Waals surface area contributed by atoms with E-state index < -0.39 is 11.5 Å². The lowest BCUT2D eigenvalue weighted by atomic mass is 10.3. The summed E-state index contributed by atoms with van der Waals surface area (Å²) in [6.07, 6.45) is 4.92. The molecular weight excluding hydrogens is 340 g/mol. The number of hydrogen-bond acceptors (Lipinski definition) is 7. The predicted molar refractivity (Wildman–Crippen MR) is 95.3 cm³/mol. The van der Waals surface area contributed by atoms with Crippen molar-refractivity contribution in [3.63, 3.8) is 0 Å². The lowest BCUT2D eigenvalue weighted by Crippen LogP contribution is -2.35. The van der Waals surface area contributed by atoms with Crippen LogP contribution < -0.4 is 21.3 Å². The number of rotatable bonds is 4. The van der Waals surface area contributed by atoms with Gasteiger partial charge in [0.2, 0.25) is 5.95 Å². The van der Waals surface area contributed by atoms with E-state index in [4.69, 9.17) is 0 Å². The number of nitrogens with one attached hydrogen (secondary N) is 3. The fourth-order valence-corrected chi connectivity index (χ4v) is 3.34. The Balaban J connectivity index is 1.46. The highest BCUT2D eigenvalue weighted by Gasteiger charge is 2.15. The van der Waals surface area contributed by atoms with Gasteiger partial charge in [0.1, 0.15) is 10.6 Å². The molecule has 0 saturated heterocycles. The summed E-state index contributed by atoms with van der Waals surface area (Å²) in [5.41, 5.74) is 3.30. The normalized spacial score (nSPS) is 13.2. The molecule has 0 spiro atoms. The van der Waals surface area contributed by atoms with Crippen molar-refractivity contribution in [3.8, 4) is 0 Å². The van der Waals surface area contributed by atoms with Gasteiger partial charge in [-0.2, -0.15) is 0 Å². The maximum absolute atomic E-state index is 12.3. The Hall–Kier alpha value is -3.20. The molecular formula is C16H14N6O2S. The summed E-state index contributed by atoms with van der Waals surface area (Å²) in [6, 6.07) is 7.76. The van der Waals surface area contributed by atoms with E-state index >= 15 is 0 Å². The third-order valence-corrected chi connectivity index (χ3v) is 4.70. The molecule has 1 amide bonds. The summed E-state index contributed by atoms with van der Waals surface area (Å²) >= 11 is 1.51. The van der Waals surface area contributed by atoms with Crippen LogP contribution in [0.2, 0.25) is 0 Å². The first-order valence-corrected chi connectivity index (χ1v) is 8.43. The van der Waals surface area contributed by atoms with Crippen LogP contribution >= 0.6 is 11.3 Å². The van der Waals surface area contributed by atoms with Crippen LogP contribution in [-0.4, -0.2) is 27.4 Å². The Morgan fingerprint density at radius 2 is 2.24 bits per heavy atom. The standard InChI is InChI=1S/C16H14N6O2S/c23-14(17-9-13-20-11-4-1-2-5-12(11)25-13)10-8-18-16(21-15(10)24)22-7-3-6-19-22/h1-6,8,19H,7,9H2,(H,17,23)(H,18,21,24). The SMILES string of the molecule is O=C(NCc1nc2ccccc2s1)c1cnc(N2CC=CN2)[nH]c1=O. The predicted octanol–water partition coefficient (Wildman–Crippen LogP) is 1.15. The summed E-state index contributed by atoms with van der Waals surface area (Å²) in [5.74, 6) is -0.121. The molecule has 1 aliphatic rings. The van der Waals surface area contributed by atoms with Gasteiger partial charge in [-0.05, 0) is 18.2 Å². The second-order valence-electron chi connectivity index (χ2n) is 5.35. The van der Waals surface area contributed by atoms with Crippen molar-refractivity contribution >= 4 is 33.4 Å². The minimum atomic E-state index is -0.486. The summed E-state index contributed by atoms with van der Waals surface area (Å²) in [4.78, 5) is 35.6. The Bertz CT molecular complexity index is 984. The van der Waals surface area contributed by atoms with E-state index in [9.17, 15) is 9.59 Å². The molecule has 1 aliphatic heterocycles. The molecule has 25 heavy (non-hydrogen) atoms. The number of anilines is 1. The fraction of sp³-hybridized carbons (Fsp3) is 0.125. The molecule has 2 aromatic heterocycles. The number of benzene rings is 1. The first kappa shape index (κ1) is 15.3. The molecule has 1 aromatic carbocycles. The number of aromatic amines is 1. The molecule has 9 heteroatoms. The quantitative estimate of drug-likeness (QED) is 0.649. The summed E-state index contributed by atoms with van der Waals surface area (Å²) in [5, 5.41) is 5.15. The molecule has 0 aliphatic carbocycles. The fourth-order valence-electron chi connectivity index (χ4n) is 2.43. The number of amides is 1. The van der Waals surface area contributed by atoms with Gasteiger partial charge in [-0.1, -0.05) is 12.1 Å². The lowest BCUT2D eigenvalue weighted by molar-refractivity contribution is 0.0949. The van der Waals surface area contributed by atoms with Gasteiger partial charge in [0.25, 0.3) is 11.5 Å². The topological polar surface area (TPSA) is 103 Å². The second kappa shape index (κ2) is 6.36. The molecule has 0 bridgehead atoms. The summed E-state index contributed by atoms with van der Waals surface area (Å²) in [7, 11) is 0. The van der Waals surface area contributed by atoms with Crippen molar-refractivity contribution in [1.82, 2.24) is 25.7 Å². The monoisotopic (exact) mass is 354 g/mol. The molecule has 3 aromatic rings.